The highest BCUT2D eigenvalue weighted by Crippen LogP contribution is 2.34. The van der Waals surface area contributed by atoms with E-state index in [1.54, 1.807) is 17.7 Å². The Kier molecular flexibility index (Phi) is 4.50. The van der Waals surface area contributed by atoms with Crippen molar-refractivity contribution in [2.75, 3.05) is 4.72 Å². The first kappa shape index (κ1) is 19.0. The van der Waals surface area contributed by atoms with Gasteiger partial charge in [0, 0.05) is 17.8 Å². The summed E-state index contributed by atoms with van der Waals surface area (Å²) in [7, 11) is -4.38. The SMILES string of the molecule is Cc1occc1-c1cc(S(=O)(=O)Nc2cc(F)c(C(F)(F)F)cc2F)c[nH]1. The lowest BCUT2D eigenvalue weighted by molar-refractivity contribution is -0.140. The molecular formula is C16H11F5N2O3S. The zero-order chi connectivity index (χ0) is 20.0. The van der Waals surface area contributed by atoms with Gasteiger partial charge in [0.2, 0.25) is 0 Å². The molecule has 0 fully saturated rings. The number of anilines is 1. The highest BCUT2D eigenvalue weighted by molar-refractivity contribution is 7.92. The lowest BCUT2D eigenvalue weighted by Gasteiger charge is -2.12. The summed E-state index contributed by atoms with van der Waals surface area (Å²) in [5.41, 5.74) is -1.80. The predicted octanol–water partition coefficient (Wildman–Crippen LogP) is 4.68. The lowest BCUT2D eigenvalue weighted by Crippen LogP contribution is -2.15. The van der Waals surface area contributed by atoms with Crippen molar-refractivity contribution in [1.82, 2.24) is 4.98 Å². The minimum atomic E-state index is -5.11. The van der Waals surface area contributed by atoms with Crippen molar-refractivity contribution < 1.29 is 34.8 Å². The number of H-pyrrole nitrogens is 1. The molecule has 0 aliphatic carbocycles. The van der Waals surface area contributed by atoms with Crippen LogP contribution >= 0.6 is 0 Å². The summed E-state index contributed by atoms with van der Waals surface area (Å²) < 4.78 is 96.8. The largest absolute Gasteiger partial charge is 0.469 e. The molecule has 144 valence electrons. The van der Waals surface area contributed by atoms with Gasteiger partial charge in [-0.15, -0.1) is 0 Å². The number of halogens is 5. The first-order chi connectivity index (χ1) is 12.5. The van der Waals surface area contributed by atoms with Crippen molar-refractivity contribution in [3.63, 3.8) is 0 Å². The average Bonchev–Trinajstić information content (AvgIpc) is 3.18. The van der Waals surface area contributed by atoms with E-state index in [1.807, 2.05) is 0 Å². The van der Waals surface area contributed by atoms with E-state index >= 15 is 0 Å². The maximum Gasteiger partial charge on any atom is 0.419 e. The lowest BCUT2D eigenvalue weighted by atomic mass is 10.2. The van der Waals surface area contributed by atoms with Crippen molar-refractivity contribution in [3.8, 4) is 11.3 Å². The van der Waals surface area contributed by atoms with Crippen LogP contribution in [-0.4, -0.2) is 13.4 Å². The molecule has 2 heterocycles. The number of sulfonamides is 1. The first-order valence-electron chi connectivity index (χ1n) is 7.31. The molecule has 0 aliphatic heterocycles. The van der Waals surface area contributed by atoms with Crippen molar-refractivity contribution in [3.05, 3.63) is 59.7 Å². The van der Waals surface area contributed by atoms with Crippen LogP contribution in [0.5, 0.6) is 0 Å². The Balaban J connectivity index is 1.93. The van der Waals surface area contributed by atoms with Crippen molar-refractivity contribution in [1.29, 1.82) is 0 Å². The molecule has 2 aromatic heterocycles. The molecule has 0 atom stereocenters. The fourth-order valence-electron chi connectivity index (χ4n) is 2.40. The van der Waals surface area contributed by atoms with Crippen LogP contribution in [0.2, 0.25) is 0 Å². The van der Waals surface area contributed by atoms with E-state index in [1.165, 1.54) is 12.3 Å². The molecule has 11 heteroatoms. The minimum absolute atomic E-state index is 0.107. The van der Waals surface area contributed by atoms with Gasteiger partial charge < -0.3 is 9.40 Å². The van der Waals surface area contributed by atoms with E-state index < -0.39 is 39.1 Å². The van der Waals surface area contributed by atoms with Gasteiger partial charge in [-0.3, -0.25) is 4.72 Å². The number of furan rings is 1. The zero-order valence-corrected chi connectivity index (χ0v) is 14.3. The van der Waals surface area contributed by atoms with Gasteiger partial charge in [0.1, 0.15) is 22.3 Å². The number of benzene rings is 1. The fourth-order valence-corrected chi connectivity index (χ4v) is 3.45. The van der Waals surface area contributed by atoms with Crippen LogP contribution in [0.15, 0.2) is 46.0 Å². The molecule has 0 unspecified atom stereocenters. The van der Waals surface area contributed by atoms with Gasteiger partial charge in [0.25, 0.3) is 10.0 Å². The summed E-state index contributed by atoms with van der Waals surface area (Å²) in [5, 5.41) is 0. The summed E-state index contributed by atoms with van der Waals surface area (Å²) in [6.07, 6.45) is -2.61. The number of aromatic amines is 1. The summed E-state index contributed by atoms with van der Waals surface area (Å²) in [6.45, 7) is 1.66. The number of nitrogens with one attached hydrogen (secondary N) is 2. The van der Waals surface area contributed by atoms with Crippen LogP contribution in [0.4, 0.5) is 27.6 Å². The molecule has 5 nitrogen and oxygen atoms in total. The second kappa shape index (κ2) is 6.41. The second-order valence-corrected chi connectivity index (χ2v) is 7.24. The number of alkyl halides is 3. The van der Waals surface area contributed by atoms with Crippen molar-refractivity contribution in [2.24, 2.45) is 0 Å². The molecule has 3 rings (SSSR count). The van der Waals surface area contributed by atoms with Crippen LogP contribution in [-0.2, 0) is 16.2 Å². The number of hydrogen-bond acceptors (Lipinski definition) is 3. The minimum Gasteiger partial charge on any atom is -0.469 e. The second-order valence-electron chi connectivity index (χ2n) is 5.55. The monoisotopic (exact) mass is 406 g/mol. The molecule has 0 bridgehead atoms. The molecular weight excluding hydrogens is 395 g/mol. The fraction of sp³-hybridized carbons (Fsp3) is 0.125. The van der Waals surface area contributed by atoms with Crippen LogP contribution in [0.3, 0.4) is 0 Å². The highest BCUT2D eigenvalue weighted by atomic mass is 32.2. The smallest absolute Gasteiger partial charge is 0.419 e. The van der Waals surface area contributed by atoms with Crippen LogP contribution in [0.25, 0.3) is 11.3 Å². The van der Waals surface area contributed by atoms with Crippen molar-refractivity contribution in [2.45, 2.75) is 18.0 Å². The van der Waals surface area contributed by atoms with Gasteiger partial charge in [-0.1, -0.05) is 0 Å². The van der Waals surface area contributed by atoms with Gasteiger partial charge in [0.15, 0.2) is 0 Å². The van der Waals surface area contributed by atoms with Crippen molar-refractivity contribution >= 4 is 15.7 Å². The molecule has 0 saturated carbocycles. The van der Waals surface area contributed by atoms with E-state index in [2.05, 4.69) is 4.98 Å². The van der Waals surface area contributed by atoms with E-state index in [0.29, 0.717) is 17.0 Å². The molecule has 0 radical (unpaired) electrons. The predicted molar refractivity (Wildman–Crippen MR) is 85.4 cm³/mol. The molecule has 0 saturated heterocycles. The Bertz CT molecular complexity index is 1100. The molecule has 0 spiro atoms. The highest BCUT2D eigenvalue weighted by Gasteiger charge is 2.35. The molecule has 0 amide bonds. The summed E-state index contributed by atoms with van der Waals surface area (Å²) in [6, 6.07) is 2.85. The normalized spacial score (nSPS) is 12.4. The standard InChI is InChI=1S/C16H11F5N2O3S/c1-8-10(2-3-26-8)14-4-9(7-22-14)27(24,25)23-15-6-12(17)11(5-13(15)18)16(19,20)21/h2-7,22-23H,1H3. The number of rotatable bonds is 4. The van der Waals surface area contributed by atoms with Gasteiger partial charge in [-0.2, -0.15) is 13.2 Å². The Morgan fingerprint density at radius 2 is 1.81 bits per heavy atom. The molecule has 3 aromatic rings. The summed E-state index contributed by atoms with van der Waals surface area (Å²) in [5.74, 6) is -2.84. The van der Waals surface area contributed by atoms with E-state index in [9.17, 15) is 30.4 Å². The topological polar surface area (TPSA) is 75.1 Å². The first-order valence-corrected chi connectivity index (χ1v) is 8.79. The molecule has 2 N–H and O–H groups in total. The quantitative estimate of drug-likeness (QED) is 0.618. The maximum atomic E-state index is 13.9. The average molecular weight is 406 g/mol. The number of hydrogen-bond donors (Lipinski definition) is 2. The third-order valence-electron chi connectivity index (χ3n) is 3.72. The molecule has 0 aliphatic rings. The van der Waals surface area contributed by atoms with Crippen LogP contribution < -0.4 is 4.72 Å². The Morgan fingerprint density at radius 1 is 1.11 bits per heavy atom. The Morgan fingerprint density at radius 3 is 2.41 bits per heavy atom. The third kappa shape index (κ3) is 3.68. The molecule has 1 aromatic carbocycles. The number of aromatic nitrogens is 1. The summed E-state index contributed by atoms with van der Waals surface area (Å²) >= 11 is 0. The van der Waals surface area contributed by atoms with E-state index in [4.69, 9.17) is 4.42 Å². The van der Waals surface area contributed by atoms with Crippen LogP contribution in [0.1, 0.15) is 11.3 Å². The van der Waals surface area contributed by atoms with Gasteiger partial charge in [-0.05, 0) is 25.1 Å². The van der Waals surface area contributed by atoms with Gasteiger partial charge in [0.05, 0.1) is 23.2 Å². The maximum absolute atomic E-state index is 13.9. The van der Waals surface area contributed by atoms with E-state index in [0.717, 1.165) is 6.20 Å². The Labute approximate surface area is 149 Å². The third-order valence-corrected chi connectivity index (χ3v) is 5.07. The molecule has 27 heavy (non-hydrogen) atoms. The Hall–Kier alpha value is -2.82. The van der Waals surface area contributed by atoms with Crippen LogP contribution in [0, 0.1) is 18.6 Å². The van der Waals surface area contributed by atoms with Gasteiger partial charge >= 0.3 is 6.18 Å². The van der Waals surface area contributed by atoms with E-state index in [-0.39, 0.29) is 17.0 Å². The summed E-state index contributed by atoms with van der Waals surface area (Å²) in [4.78, 5) is 2.38. The number of aryl methyl sites for hydroxylation is 1. The zero-order valence-electron chi connectivity index (χ0n) is 13.5. The van der Waals surface area contributed by atoms with Gasteiger partial charge in [-0.25, -0.2) is 17.2 Å².